The first-order valence-electron chi connectivity index (χ1n) is 11.0. The van der Waals surface area contributed by atoms with Crippen molar-refractivity contribution in [3.05, 3.63) is 60.2 Å². The number of benzene rings is 2. The van der Waals surface area contributed by atoms with E-state index in [1.807, 2.05) is 67.3 Å². The van der Waals surface area contributed by atoms with Crippen LogP contribution in [0.4, 0.5) is 0 Å². The van der Waals surface area contributed by atoms with Crippen LogP contribution >= 0.6 is 0 Å². The van der Waals surface area contributed by atoms with E-state index in [1.54, 1.807) is 13.2 Å². The van der Waals surface area contributed by atoms with Gasteiger partial charge in [-0.2, -0.15) is 0 Å². The van der Waals surface area contributed by atoms with E-state index in [9.17, 15) is 9.59 Å². The molecular weight excluding hydrogens is 404 g/mol. The fourth-order valence-corrected chi connectivity index (χ4v) is 4.45. The van der Waals surface area contributed by atoms with Gasteiger partial charge in [-0.25, -0.2) is 9.78 Å². The Morgan fingerprint density at radius 1 is 1.03 bits per heavy atom. The summed E-state index contributed by atoms with van der Waals surface area (Å²) in [5.41, 5.74) is 2.60. The molecule has 1 saturated heterocycles. The number of carbonyl (C=O) groups is 2. The van der Waals surface area contributed by atoms with E-state index in [0.29, 0.717) is 22.2 Å². The number of hydrogen-bond donors (Lipinski definition) is 0. The second-order valence-electron chi connectivity index (χ2n) is 8.31. The molecule has 2 aromatic carbocycles. The molecule has 166 valence electrons. The number of amides is 1. The number of carbonyl (C=O) groups excluding carboxylic acids is 2. The number of esters is 1. The van der Waals surface area contributed by atoms with Crippen molar-refractivity contribution in [1.29, 1.82) is 0 Å². The average Bonchev–Trinajstić information content (AvgIpc) is 2.81. The highest BCUT2D eigenvalue weighted by Gasteiger charge is 2.29. The van der Waals surface area contributed by atoms with Crippen molar-refractivity contribution in [2.24, 2.45) is 0 Å². The van der Waals surface area contributed by atoms with Crippen molar-refractivity contribution in [3.63, 3.8) is 0 Å². The van der Waals surface area contributed by atoms with Crippen LogP contribution < -0.4 is 4.74 Å². The van der Waals surface area contributed by atoms with Crippen LogP contribution in [-0.4, -0.2) is 47.6 Å². The van der Waals surface area contributed by atoms with Gasteiger partial charge in [0.05, 0.1) is 23.9 Å². The summed E-state index contributed by atoms with van der Waals surface area (Å²) < 4.78 is 10.7. The van der Waals surface area contributed by atoms with Gasteiger partial charge in [0.15, 0.2) is 6.61 Å². The zero-order chi connectivity index (χ0) is 22.7. The molecule has 3 aromatic rings. The number of para-hydroxylation sites is 1. The first kappa shape index (κ1) is 21.8. The van der Waals surface area contributed by atoms with Crippen LogP contribution in [0.25, 0.3) is 22.2 Å². The molecule has 1 fully saturated rings. The first-order valence-corrected chi connectivity index (χ1v) is 11.0. The number of likely N-dealkylation sites (tertiary alicyclic amines) is 1. The lowest BCUT2D eigenvalue weighted by molar-refractivity contribution is -0.140. The van der Waals surface area contributed by atoms with Crippen LogP contribution in [-0.2, 0) is 9.53 Å². The van der Waals surface area contributed by atoms with Gasteiger partial charge in [-0.05, 0) is 69.5 Å². The van der Waals surface area contributed by atoms with Crippen molar-refractivity contribution in [2.45, 2.75) is 45.2 Å². The maximum Gasteiger partial charge on any atom is 0.339 e. The predicted octanol–water partition coefficient (Wildman–Crippen LogP) is 4.86. The zero-order valence-corrected chi connectivity index (χ0v) is 18.7. The number of nitrogens with zero attached hydrogens (tertiary/aromatic N) is 2. The summed E-state index contributed by atoms with van der Waals surface area (Å²) >= 11 is 0. The second-order valence-corrected chi connectivity index (χ2v) is 8.31. The third kappa shape index (κ3) is 4.44. The van der Waals surface area contributed by atoms with Crippen LogP contribution in [0, 0.1) is 0 Å². The number of ether oxygens (including phenoxy) is 2. The van der Waals surface area contributed by atoms with Crippen LogP contribution in [0.15, 0.2) is 54.6 Å². The normalized spacial score (nSPS) is 18.4. The van der Waals surface area contributed by atoms with Gasteiger partial charge in [0.2, 0.25) is 0 Å². The molecule has 2 atom stereocenters. The van der Waals surface area contributed by atoms with E-state index >= 15 is 0 Å². The molecule has 0 saturated carbocycles. The van der Waals surface area contributed by atoms with E-state index in [1.165, 1.54) is 0 Å². The largest absolute Gasteiger partial charge is 0.497 e. The number of fused-ring (bicyclic) bond motifs is 1. The van der Waals surface area contributed by atoms with Crippen molar-refractivity contribution < 1.29 is 19.1 Å². The predicted molar refractivity (Wildman–Crippen MR) is 124 cm³/mol. The number of aromatic nitrogens is 1. The van der Waals surface area contributed by atoms with Crippen molar-refractivity contribution in [1.82, 2.24) is 9.88 Å². The van der Waals surface area contributed by atoms with Crippen LogP contribution in [0.5, 0.6) is 5.75 Å². The maximum absolute atomic E-state index is 13.1. The molecule has 0 aliphatic carbocycles. The molecule has 6 nitrogen and oxygen atoms in total. The van der Waals surface area contributed by atoms with Crippen molar-refractivity contribution >= 4 is 22.8 Å². The number of rotatable bonds is 5. The summed E-state index contributed by atoms with van der Waals surface area (Å²) in [7, 11) is 1.62. The molecule has 32 heavy (non-hydrogen) atoms. The van der Waals surface area contributed by atoms with Gasteiger partial charge in [-0.1, -0.05) is 18.2 Å². The Kier molecular flexibility index (Phi) is 6.40. The van der Waals surface area contributed by atoms with Gasteiger partial charge in [0, 0.05) is 23.0 Å². The Balaban J connectivity index is 1.59. The monoisotopic (exact) mass is 432 g/mol. The van der Waals surface area contributed by atoms with E-state index in [-0.39, 0.29) is 24.6 Å². The van der Waals surface area contributed by atoms with E-state index < -0.39 is 5.97 Å². The summed E-state index contributed by atoms with van der Waals surface area (Å²) in [5, 5.41) is 0.696. The number of hydrogen-bond acceptors (Lipinski definition) is 5. The Labute approximate surface area is 188 Å². The van der Waals surface area contributed by atoms with Gasteiger partial charge in [0.1, 0.15) is 5.75 Å². The van der Waals surface area contributed by atoms with E-state index in [4.69, 9.17) is 14.5 Å². The van der Waals surface area contributed by atoms with Crippen LogP contribution in [0.2, 0.25) is 0 Å². The highest BCUT2D eigenvalue weighted by Crippen LogP contribution is 2.27. The molecule has 4 rings (SSSR count). The summed E-state index contributed by atoms with van der Waals surface area (Å²) in [4.78, 5) is 32.4. The number of piperidine rings is 1. The highest BCUT2D eigenvalue weighted by molar-refractivity contribution is 6.05. The van der Waals surface area contributed by atoms with E-state index in [2.05, 4.69) is 0 Å². The van der Waals surface area contributed by atoms with Gasteiger partial charge >= 0.3 is 5.97 Å². The summed E-state index contributed by atoms with van der Waals surface area (Å²) in [5.74, 6) is 0.0738. The summed E-state index contributed by atoms with van der Waals surface area (Å²) in [6.45, 7) is 3.84. The Morgan fingerprint density at radius 3 is 2.41 bits per heavy atom. The van der Waals surface area contributed by atoms with E-state index in [0.717, 1.165) is 30.6 Å². The molecular formula is C26H28N2O4. The quantitative estimate of drug-likeness (QED) is 0.539. The molecule has 2 heterocycles. The fraction of sp³-hybridized carbons (Fsp3) is 0.346. The number of pyridine rings is 1. The second kappa shape index (κ2) is 9.39. The third-order valence-corrected chi connectivity index (χ3v) is 6.13. The van der Waals surface area contributed by atoms with Gasteiger partial charge in [-0.3, -0.25) is 4.79 Å². The SMILES string of the molecule is COc1ccc(-c2cc(C(=O)OCC(=O)N3C(C)CCCC3C)c3ccccc3n2)cc1. The molecule has 2 unspecified atom stereocenters. The minimum atomic E-state index is -0.524. The Hall–Kier alpha value is -3.41. The standard InChI is InChI=1S/C26H28N2O4/c1-17-7-6-8-18(2)28(17)25(29)16-32-26(30)22-15-24(19-11-13-20(31-3)14-12-19)27-23-10-5-4-9-21(22)23/h4-5,9-15,17-18H,6-8,16H2,1-3H3. The van der Waals surface area contributed by atoms with Crippen LogP contribution in [0.1, 0.15) is 43.5 Å². The topological polar surface area (TPSA) is 68.7 Å². The minimum absolute atomic E-state index is 0.146. The summed E-state index contributed by atoms with van der Waals surface area (Å²) in [6, 6.07) is 17.0. The molecule has 6 heteroatoms. The zero-order valence-electron chi connectivity index (χ0n) is 18.7. The Bertz CT molecular complexity index is 1120. The first-order chi connectivity index (χ1) is 15.5. The molecule has 1 aromatic heterocycles. The fourth-order valence-electron chi connectivity index (χ4n) is 4.45. The van der Waals surface area contributed by atoms with Gasteiger partial charge in [-0.15, -0.1) is 0 Å². The minimum Gasteiger partial charge on any atom is -0.497 e. The lowest BCUT2D eigenvalue weighted by Crippen LogP contribution is -2.49. The van der Waals surface area contributed by atoms with Crippen molar-refractivity contribution in [2.75, 3.05) is 13.7 Å². The molecule has 0 N–H and O–H groups in total. The lowest BCUT2D eigenvalue weighted by Gasteiger charge is -2.38. The highest BCUT2D eigenvalue weighted by atomic mass is 16.5. The maximum atomic E-state index is 13.1. The van der Waals surface area contributed by atoms with Crippen LogP contribution in [0.3, 0.4) is 0 Å². The molecule has 1 aliphatic heterocycles. The molecule has 0 bridgehead atoms. The molecule has 0 radical (unpaired) electrons. The van der Waals surface area contributed by atoms with Crippen molar-refractivity contribution in [3.8, 4) is 17.0 Å². The van der Waals surface area contributed by atoms with Gasteiger partial charge in [0.25, 0.3) is 5.91 Å². The molecule has 0 spiro atoms. The third-order valence-electron chi connectivity index (χ3n) is 6.13. The molecule has 1 aliphatic rings. The number of methoxy groups -OCH3 is 1. The smallest absolute Gasteiger partial charge is 0.339 e. The average molecular weight is 433 g/mol. The summed E-state index contributed by atoms with van der Waals surface area (Å²) in [6.07, 6.45) is 3.07. The van der Waals surface area contributed by atoms with Gasteiger partial charge < -0.3 is 14.4 Å². The lowest BCUT2D eigenvalue weighted by atomic mass is 9.97. The Morgan fingerprint density at radius 2 is 1.72 bits per heavy atom. The molecule has 1 amide bonds.